The van der Waals surface area contributed by atoms with Gasteiger partial charge in [0.15, 0.2) is 0 Å². The van der Waals surface area contributed by atoms with Crippen molar-refractivity contribution < 1.29 is 24.0 Å². The number of aliphatic carboxylic acids is 1. The number of amides is 1. The fourth-order valence-corrected chi connectivity index (χ4v) is 5.46. The summed E-state index contributed by atoms with van der Waals surface area (Å²) >= 11 is 0. The Morgan fingerprint density at radius 2 is 1.75 bits per heavy atom. The number of carboxylic acid groups (broad SMARTS) is 1. The van der Waals surface area contributed by atoms with Crippen LogP contribution in [-0.2, 0) is 9.53 Å². The lowest BCUT2D eigenvalue weighted by Crippen LogP contribution is -2.35. The van der Waals surface area contributed by atoms with Gasteiger partial charge >= 0.3 is 12.1 Å². The number of hydrogen-bond donors (Lipinski definition) is 1. The lowest BCUT2D eigenvalue weighted by atomic mass is 9.66. The van der Waals surface area contributed by atoms with Gasteiger partial charge in [0.2, 0.25) is 0 Å². The van der Waals surface area contributed by atoms with Crippen molar-refractivity contribution in [1.82, 2.24) is 10.1 Å². The number of hydrogen-bond acceptors (Lipinski definition) is 5. The summed E-state index contributed by atoms with van der Waals surface area (Å²) in [6, 6.07) is 0. The monoisotopic (exact) mass is 446 g/mol. The minimum Gasteiger partial charge on any atom is -0.481 e. The molecule has 2 aliphatic carbocycles. The van der Waals surface area contributed by atoms with E-state index in [9.17, 15) is 14.7 Å². The third kappa shape index (κ3) is 4.96. The zero-order valence-electron chi connectivity index (χ0n) is 20.3. The van der Waals surface area contributed by atoms with Gasteiger partial charge < -0.3 is 19.3 Å². The second-order valence-corrected chi connectivity index (χ2v) is 12.4. The molecular formula is C25H38N2O5. The first-order chi connectivity index (χ1) is 14.8. The lowest BCUT2D eigenvalue weighted by Gasteiger charge is -2.38. The van der Waals surface area contributed by atoms with Gasteiger partial charge in [-0.25, -0.2) is 4.79 Å². The second kappa shape index (κ2) is 8.07. The molecule has 3 aliphatic rings. The van der Waals surface area contributed by atoms with Crippen molar-refractivity contribution in [2.75, 3.05) is 13.1 Å². The van der Waals surface area contributed by atoms with E-state index in [4.69, 9.17) is 9.26 Å². The molecule has 0 unspecified atom stereocenters. The molecule has 1 aromatic heterocycles. The van der Waals surface area contributed by atoms with E-state index in [1.165, 1.54) is 11.3 Å². The molecule has 0 spiro atoms. The number of nitrogens with zero attached hydrogens (tertiary/aromatic N) is 2. The van der Waals surface area contributed by atoms with Crippen molar-refractivity contribution in [3.8, 4) is 0 Å². The van der Waals surface area contributed by atoms with Gasteiger partial charge in [0, 0.05) is 30.5 Å². The molecule has 1 saturated heterocycles. The maximum absolute atomic E-state index is 12.6. The average molecular weight is 447 g/mol. The fourth-order valence-electron chi connectivity index (χ4n) is 5.46. The highest BCUT2D eigenvalue weighted by molar-refractivity contribution is 5.76. The summed E-state index contributed by atoms with van der Waals surface area (Å²) in [5, 5.41) is 14.3. The van der Waals surface area contributed by atoms with E-state index in [0.717, 1.165) is 42.7 Å². The van der Waals surface area contributed by atoms with Crippen molar-refractivity contribution in [3.63, 3.8) is 0 Å². The van der Waals surface area contributed by atoms with Crippen LogP contribution in [0.2, 0.25) is 0 Å². The van der Waals surface area contributed by atoms with Crippen LogP contribution in [0, 0.1) is 17.3 Å². The van der Waals surface area contributed by atoms with Crippen LogP contribution in [0.4, 0.5) is 4.79 Å². The molecule has 4 rings (SSSR count). The SMILES string of the molecule is CC(C)(C)CC1CC(c2onc([C@H]3CN(C(=O)OC(C)(C)C)C[C@@H]3C(=O)O)c2C2CC2)C1. The first kappa shape index (κ1) is 23.1. The Morgan fingerprint density at radius 1 is 1.09 bits per heavy atom. The van der Waals surface area contributed by atoms with Crippen LogP contribution in [0.15, 0.2) is 4.52 Å². The molecule has 32 heavy (non-hydrogen) atoms. The minimum absolute atomic E-state index is 0.137. The van der Waals surface area contributed by atoms with Gasteiger partial charge in [0.25, 0.3) is 0 Å². The molecule has 0 radical (unpaired) electrons. The number of rotatable bonds is 5. The molecular weight excluding hydrogens is 408 g/mol. The van der Waals surface area contributed by atoms with Crippen molar-refractivity contribution >= 4 is 12.1 Å². The van der Waals surface area contributed by atoms with Crippen LogP contribution >= 0.6 is 0 Å². The van der Waals surface area contributed by atoms with E-state index < -0.39 is 23.6 Å². The zero-order valence-corrected chi connectivity index (χ0v) is 20.3. The molecule has 7 heteroatoms. The zero-order chi connectivity index (χ0) is 23.4. The largest absolute Gasteiger partial charge is 0.481 e. The van der Waals surface area contributed by atoms with E-state index in [2.05, 4.69) is 25.9 Å². The van der Waals surface area contributed by atoms with Gasteiger partial charge in [-0.3, -0.25) is 4.79 Å². The third-order valence-electron chi connectivity index (χ3n) is 6.92. The summed E-state index contributed by atoms with van der Waals surface area (Å²) in [7, 11) is 0. The summed E-state index contributed by atoms with van der Waals surface area (Å²) in [5.41, 5.74) is 1.61. The van der Waals surface area contributed by atoms with Gasteiger partial charge in [-0.1, -0.05) is 25.9 Å². The number of ether oxygens (including phenoxy) is 1. The molecule has 1 N–H and O–H groups in total. The summed E-state index contributed by atoms with van der Waals surface area (Å²) in [4.78, 5) is 26.2. The maximum atomic E-state index is 12.6. The molecule has 1 aliphatic heterocycles. The molecule has 0 aromatic carbocycles. The Labute approximate surface area is 190 Å². The van der Waals surface area contributed by atoms with Crippen LogP contribution in [0.5, 0.6) is 0 Å². The Bertz CT molecular complexity index is 868. The van der Waals surface area contributed by atoms with Crippen LogP contribution in [0.3, 0.4) is 0 Å². The predicted octanol–water partition coefficient (Wildman–Crippen LogP) is 5.52. The highest BCUT2D eigenvalue weighted by atomic mass is 16.6. The summed E-state index contributed by atoms with van der Waals surface area (Å²) in [6.45, 7) is 12.7. The second-order valence-electron chi connectivity index (χ2n) is 12.4. The molecule has 178 valence electrons. The number of carbonyl (C=O) groups is 2. The average Bonchev–Trinajstić information content (AvgIpc) is 3.19. The van der Waals surface area contributed by atoms with Gasteiger partial charge in [-0.2, -0.15) is 0 Å². The van der Waals surface area contributed by atoms with Crippen LogP contribution < -0.4 is 0 Å². The molecule has 7 nitrogen and oxygen atoms in total. The quantitative estimate of drug-likeness (QED) is 0.640. The summed E-state index contributed by atoms with van der Waals surface area (Å²) in [6.07, 6.45) is 5.16. The predicted molar refractivity (Wildman–Crippen MR) is 120 cm³/mol. The van der Waals surface area contributed by atoms with E-state index in [1.54, 1.807) is 0 Å². The first-order valence-electron chi connectivity index (χ1n) is 12.0. The number of carboxylic acids is 1. The maximum Gasteiger partial charge on any atom is 0.410 e. The van der Waals surface area contributed by atoms with Crippen LogP contribution in [-0.4, -0.2) is 45.9 Å². The van der Waals surface area contributed by atoms with E-state index in [-0.39, 0.29) is 12.5 Å². The summed E-state index contributed by atoms with van der Waals surface area (Å²) in [5.74, 6) is 0.519. The summed E-state index contributed by atoms with van der Waals surface area (Å²) < 4.78 is 11.4. The Morgan fingerprint density at radius 3 is 2.28 bits per heavy atom. The van der Waals surface area contributed by atoms with Crippen LogP contribution in [0.25, 0.3) is 0 Å². The van der Waals surface area contributed by atoms with Crippen molar-refractivity contribution in [3.05, 3.63) is 17.0 Å². The Balaban J connectivity index is 1.54. The smallest absolute Gasteiger partial charge is 0.410 e. The van der Waals surface area contributed by atoms with Gasteiger partial charge in [0.1, 0.15) is 11.4 Å². The van der Waals surface area contributed by atoms with Crippen molar-refractivity contribution in [1.29, 1.82) is 0 Å². The van der Waals surface area contributed by atoms with E-state index >= 15 is 0 Å². The number of aromatic nitrogens is 1. The highest BCUT2D eigenvalue weighted by Gasteiger charge is 2.48. The van der Waals surface area contributed by atoms with E-state index in [1.807, 2.05) is 20.8 Å². The normalized spacial score (nSPS) is 28.5. The Hall–Kier alpha value is -2.05. The van der Waals surface area contributed by atoms with E-state index in [0.29, 0.717) is 29.7 Å². The van der Waals surface area contributed by atoms with Gasteiger partial charge in [-0.15, -0.1) is 0 Å². The van der Waals surface area contributed by atoms with Gasteiger partial charge in [-0.05, 0) is 70.1 Å². The molecule has 3 fully saturated rings. The van der Waals surface area contributed by atoms with Gasteiger partial charge in [0.05, 0.1) is 11.6 Å². The van der Waals surface area contributed by atoms with Crippen LogP contribution in [0.1, 0.15) is 108 Å². The molecule has 1 aromatic rings. The molecule has 2 saturated carbocycles. The number of likely N-dealkylation sites (tertiary alicyclic amines) is 1. The molecule has 2 atom stereocenters. The third-order valence-corrected chi connectivity index (χ3v) is 6.92. The minimum atomic E-state index is -0.902. The number of carbonyl (C=O) groups excluding carboxylic acids is 1. The standard InChI is InChI=1S/C25H38N2O5/c1-24(2,3)11-14-9-16(10-14)21-19(15-7-8-15)20(26-32-21)17-12-27(13-18(17)22(28)29)23(30)31-25(4,5)6/h14-18H,7-13H2,1-6H3,(H,28,29)/t14?,16?,17-,18-/m0/s1. The lowest BCUT2D eigenvalue weighted by molar-refractivity contribution is -0.141. The fraction of sp³-hybridized carbons (Fsp3) is 0.800. The molecule has 1 amide bonds. The van der Waals surface area contributed by atoms with Crippen molar-refractivity contribution in [2.24, 2.45) is 17.3 Å². The molecule has 2 heterocycles. The topological polar surface area (TPSA) is 92.9 Å². The highest BCUT2D eigenvalue weighted by Crippen LogP contribution is 2.54. The van der Waals surface area contributed by atoms with Crippen molar-refractivity contribution in [2.45, 2.75) is 97.0 Å². The Kier molecular flexibility index (Phi) is 5.83. The molecule has 0 bridgehead atoms. The first-order valence-corrected chi connectivity index (χ1v) is 12.0.